The van der Waals surface area contributed by atoms with Crippen LogP contribution in [0, 0.1) is 19.8 Å². The molecule has 3 N–H and O–H groups in total. The predicted octanol–water partition coefficient (Wildman–Crippen LogP) is 3.15. The molecule has 1 saturated heterocycles. The third-order valence-electron chi connectivity index (χ3n) is 4.26. The highest BCUT2D eigenvalue weighted by Gasteiger charge is 2.18. The van der Waals surface area contributed by atoms with E-state index in [1.807, 2.05) is 0 Å². The van der Waals surface area contributed by atoms with E-state index in [1.165, 1.54) is 50.0 Å². The number of guanidine groups is 1. The Kier molecular flexibility index (Phi) is 6.25. The van der Waals surface area contributed by atoms with Gasteiger partial charge in [0.25, 0.3) is 0 Å². The van der Waals surface area contributed by atoms with Crippen molar-refractivity contribution >= 4 is 11.6 Å². The van der Waals surface area contributed by atoms with Crippen molar-refractivity contribution < 1.29 is 0 Å². The largest absolute Gasteiger partial charge is 0.370 e. The van der Waals surface area contributed by atoms with E-state index in [9.17, 15) is 0 Å². The van der Waals surface area contributed by atoms with Crippen molar-refractivity contribution in [2.24, 2.45) is 16.6 Å². The number of aryl methyl sites for hydroxylation is 2. The molecule has 1 fully saturated rings. The van der Waals surface area contributed by atoms with Gasteiger partial charge in [-0.3, -0.25) is 4.99 Å². The van der Waals surface area contributed by atoms with Gasteiger partial charge in [-0.15, -0.1) is 0 Å². The zero-order valence-corrected chi connectivity index (χ0v) is 14.2. The Morgan fingerprint density at radius 1 is 1.23 bits per heavy atom. The highest BCUT2D eigenvalue weighted by atomic mass is 15.1. The summed E-state index contributed by atoms with van der Waals surface area (Å²) in [6, 6.07) is 6.35. The van der Waals surface area contributed by atoms with Gasteiger partial charge in [0.1, 0.15) is 0 Å². The lowest BCUT2D eigenvalue weighted by atomic mass is 9.97. The summed E-state index contributed by atoms with van der Waals surface area (Å²) in [4.78, 5) is 7.09. The second-order valence-electron chi connectivity index (χ2n) is 6.51. The number of nitrogens with two attached hydrogens (primary N) is 1. The molecule has 1 aromatic rings. The minimum Gasteiger partial charge on any atom is -0.370 e. The summed E-state index contributed by atoms with van der Waals surface area (Å²) in [5.41, 5.74) is 9.52. The molecule has 2 rings (SSSR count). The summed E-state index contributed by atoms with van der Waals surface area (Å²) in [6.07, 6.45) is 3.72. The molecule has 1 aromatic carbocycles. The summed E-state index contributed by atoms with van der Waals surface area (Å²) in [5.74, 6) is 1.20. The van der Waals surface area contributed by atoms with Crippen LogP contribution >= 0.6 is 0 Å². The van der Waals surface area contributed by atoms with Crippen LogP contribution in [0.1, 0.15) is 37.3 Å². The minimum atomic E-state index is 0.529. The molecule has 22 heavy (non-hydrogen) atoms. The van der Waals surface area contributed by atoms with E-state index >= 15 is 0 Å². The van der Waals surface area contributed by atoms with E-state index in [1.54, 1.807) is 0 Å². The highest BCUT2D eigenvalue weighted by molar-refractivity contribution is 5.92. The van der Waals surface area contributed by atoms with Gasteiger partial charge in [-0.05, 0) is 81.9 Å². The number of anilines is 1. The van der Waals surface area contributed by atoms with Crippen LogP contribution in [0.5, 0.6) is 0 Å². The zero-order valence-electron chi connectivity index (χ0n) is 14.2. The van der Waals surface area contributed by atoms with E-state index in [-0.39, 0.29) is 0 Å². The van der Waals surface area contributed by atoms with Crippen molar-refractivity contribution in [2.75, 3.05) is 31.5 Å². The number of hydrogen-bond acceptors (Lipinski definition) is 2. The van der Waals surface area contributed by atoms with Crippen molar-refractivity contribution in [3.8, 4) is 0 Å². The predicted molar refractivity (Wildman–Crippen MR) is 95.5 cm³/mol. The van der Waals surface area contributed by atoms with Crippen LogP contribution in [0.25, 0.3) is 0 Å². The molecule has 0 radical (unpaired) electrons. The Bertz CT molecular complexity index is 482. The Balaban J connectivity index is 1.80. The number of nitrogens with one attached hydrogen (secondary N) is 1. The summed E-state index contributed by atoms with van der Waals surface area (Å²) in [7, 11) is 0. The molecular formula is C18H30N4. The molecule has 0 spiro atoms. The molecule has 1 heterocycles. The van der Waals surface area contributed by atoms with E-state index < -0.39 is 0 Å². The average Bonchev–Trinajstić information content (AvgIpc) is 2.46. The summed E-state index contributed by atoms with van der Waals surface area (Å²) < 4.78 is 0. The van der Waals surface area contributed by atoms with Crippen LogP contribution in [0.15, 0.2) is 23.2 Å². The maximum atomic E-state index is 6.03. The first-order valence-corrected chi connectivity index (χ1v) is 8.44. The molecule has 0 aromatic heterocycles. The van der Waals surface area contributed by atoms with Gasteiger partial charge in [0.15, 0.2) is 5.96 Å². The molecule has 0 unspecified atom stereocenters. The molecule has 0 aliphatic carbocycles. The van der Waals surface area contributed by atoms with Gasteiger partial charge in [-0.2, -0.15) is 0 Å². The molecule has 0 saturated carbocycles. The average molecular weight is 302 g/mol. The number of rotatable bonds is 5. The van der Waals surface area contributed by atoms with Crippen LogP contribution in [0.3, 0.4) is 0 Å². The minimum absolute atomic E-state index is 0.529. The summed E-state index contributed by atoms with van der Waals surface area (Å²) >= 11 is 0. The third kappa shape index (κ3) is 5.34. The molecule has 0 bridgehead atoms. The second kappa shape index (κ2) is 8.18. The van der Waals surface area contributed by atoms with Gasteiger partial charge < -0.3 is 16.0 Å². The number of nitrogens with zero attached hydrogens (tertiary/aromatic N) is 2. The van der Waals surface area contributed by atoms with Crippen LogP contribution in [0.4, 0.5) is 5.69 Å². The molecular weight excluding hydrogens is 272 g/mol. The maximum Gasteiger partial charge on any atom is 0.193 e. The molecule has 122 valence electrons. The first-order chi connectivity index (χ1) is 10.6. The monoisotopic (exact) mass is 302 g/mol. The first kappa shape index (κ1) is 16.8. The zero-order chi connectivity index (χ0) is 15.9. The normalized spacial score (nSPS) is 17.7. The van der Waals surface area contributed by atoms with Crippen molar-refractivity contribution in [3.05, 3.63) is 29.3 Å². The van der Waals surface area contributed by atoms with Crippen molar-refractivity contribution in [1.29, 1.82) is 0 Å². The van der Waals surface area contributed by atoms with Gasteiger partial charge in [0, 0.05) is 12.2 Å². The lowest BCUT2D eigenvalue weighted by Crippen LogP contribution is -2.35. The fraction of sp³-hybridized carbons (Fsp3) is 0.611. The number of likely N-dealkylation sites (tertiary alicyclic amines) is 1. The topological polar surface area (TPSA) is 53.6 Å². The fourth-order valence-corrected chi connectivity index (χ4v) is 3.17. The molecule has 4 nitrogen and oxygen atoms in total. The van der Waals surface area contributed by atoms with Crippen LogP contribution in [-0.4, -0.2) is 37.0 Å². The SMILES string of the molecule is CCCN1CCC(CN=C(N)Nc2cc(C)cc(C)c2)CC1. The van der Waals surface area contributed by atoms with E-state index in [4.69, 9.17) is 5.73 Å². The van der Waals surface area contributed by atoms with E-state index in [0.717, 1.165) is 12.2 Å². The Morgan fingerprint density at radius 2 is 1.86 bits per heavy atom. The van der Waals surface area contributed by atoms with Crippen LogP contribution in [0.2, 0.25) is 0 Å². The molecule has 1 aliphatic heterocycles. The van der Waals surface area contributed by atoms with E-state index in [0.29, 0.717) is 11.9 Å². The van der Waals surface area contributed by atoms with Gasteiger partial charge in [-0.25, -0.2) is 0 Å². The summed E-state index contributed by atoms with van der Waals surface area (Å²) in [5, 5.41) is 3.21. The summed E-state index contributed by atoms with van der Waals surface area (Å²) in [6.45, 7) is 10.9. The standard InChI is InChI=1S/C18H30N4/c1-4-7-22-8-5-16(6-9-22)13-20-18(19)21-17-11-14(2)10-15(3)12-17/h10-12,16H,4-9,13H2,1-3H3,(H3,19,20,21). The number of aliphatic imine (C=N–C) groups is 1. The number of piperidine rings is 1. The molecule has 4 heteroatoms. The fourth-order valence-electron chi connectivity index (χ4n) is 3.17. The second-order valence-corrected chi connectivity index (χ2v) is 6.51. The van der Waals surface area contributed by atoms with Crippen molar-refractivity contribution in [2.45, 2.75) is 40.0 Å². The smallest absolute Gasteiger partial charge is 0.193 e. The highest BCUT2D eigenvalue weighted by Crippen LogP contribution is 2.18. The van der Waals surface area contributed by atoms with E-state index in [2.05, 4.69) is 54.2 Å². The van der Waals surface area contributed by atoms with Crippen molar-refractivity contribution in [3.63, 3.8) is 0 Å². The lowest BCUT2D eigenvalue weighted by Gasteiger charge is -2.30. The number of benzene rings is 1. The quantitative estimate of drug-likeness (QED) is 0.649. The van der Waals surface area contributed by atoms with Gasteiger partial charge in [-0.1, -0.05) is 13.0 Å². The van der Waals surface area contributed by atoms with Gasteiger partial charge >= 0.3 is 0 Å². The Labute approximate surface area is 134 Å². The maximum absolute atomic E-state index is 6.03. The Hall–Kier alpha value is -1.55. The molecule has 1 aliphatic rings. The van der Waals surface area contributed by atoms with Crippen LogP contribution < -0.4 is 11.1 Å². The Morgan fingerprint density at radius 3 is 2.45 bits per heavy atom. The molecule has 0 amide bonds. The number of hydrogen-bond donors (Lipinski definition) is 2. The first-order valence-electron chi connectivity index (χ1n) is 8.44. The van der Waals surface area contributed by atoms with Gasteiger partial charge in [0.05, 0.1) is 0 Å². The van der Waals surface area contributed by atoms with Gasteiger partial charge in [0.2, 0.25) is 0 Å². The van der Waals surface area contributed by atoms with Crippen LogP contribution in [-0.2, 0) is 0 Å². The molecule has 0 atom stereocenters. The lowest BCUT2D eigenvalue weighted by molar-refractivity contribution is 0.188. The van der Waals surface area contributed by atoms with Crippen molar-refractivity contribution in [1.82, 2.24) is 4.90 Å². The third-order valence-corrected chi connectivity index (χ3v) is 4.26.